The minimum atomic E-state index is 0.933. The summed E-state index contributed by atoms with van der Waals surface area (Å²) < 4.78 is 2.00. The summed E-state index contributed by atoms with van der Waals surface area (Å²) in [6.07, 6.45) is 3.26. The maximum absolute atomic E-state index is 4.14. The second kappa shape index (κ2) is 4.24. The molecule has 0 N–H and O–H groups in total. The van der Waals surface area contributed by atoms with E-state index in [1.165, 1.54) is 17.8 Å². The van der Waals surface area contributed by atoms with Crippen LogP contribution < -0.4 is 0 Å². The number of rotatable bonds is 4. The van der Waals surface area contributed by atoms with Gasteiger partial charge in [0, 0.05) is 6.54 Å². The predicted molar refractivity (Wildman–Crippen MR) is 49.1 cm³/mol. The molecule has 1 aromatic heterocycles. The van der Waals surface area contributed by atoms with Crippen molar-refractivity contribution in [3.8, 4) is 0 Å². The lowest BCUT2D eigenvalue weighted by Crippen LogP contribution is -2.03. The van der Waals surface area contributed by atoms with E-state index in [1.54, 1.807) is 0 Å². The number of nitrogens with zero attached hydrogens (tertiary/aromatic N) is 3. The fourth-order valence-electron chi connectivity index (χ4n) is 1.41. The van der Waals surface area contributed by atoms with Gasteiger partial charge in [0.05, 0.1) is 11.4 Å². The quantitative estimate of drug-likeness (QED) is 0.684. The highest BCUT2D eigenvalue weighted by molar-refractivity contribution is 5.09. The van der Waals surface area contributed by atoms with Crippen LogP contribution >= 0.6 is 0 Å². The molecule has 1 aromatic rings. The average molecular weight is 167 g/mol. The first kappa shape index (κ1) is 9.23. The second-order valence-electron chi connectivity index (χ2n) is 2.90. The summed E-state index contributed by atoms with van der Waals surface area (Å²) in [6.45, 7) is 7.35. The van der Waals surface area contributed by atoms with Gasteiger partial charge >= 0.3 is 0 Å². The molecule has 3 nitrogen and oxygen atoms in total. The Morgan fingerprint density at radius 3 is 2.50 bits per heavy atom. The predicted octanol–water partition coefficient (Wildman–Crippen LogP) is 1.81. The van der Waals surface area contributed by atoms with Gasteiger partial charge in [-0.05, 0) is 19.8 Å². The molecule has 3 heteroatoms. The highest BCUT2D eigenvalue weighted by atomic mass is 15.4. The first-order chi connectivity index (χ1) is 5.83. The van der Waals surface area contributed by atoms with Crippen molar-refractivity contribution in [2.45, 2.75) is 46.6 Å². The molecule has 0 aliphatic carbocycles. The standard InChI is InChI=1S/C9H17N3/c1-4-7-9-8(5-2)10-11-12(9)6-3/h4-7H2,1-3H3. The van der Waals surface area contributed by atoms with Crippen molar-refractivity contribution in [2.24, 2.45) is 0 Å². The molecule has 0 aliphatic rings. The second-order valence-corrected chi connectivity index (χ2v) is 2.90. The molecule has 0 amide bonds. The Bertz CT molecular complexity index is 218. The third-order valence-corrected chi connectivity index (χ3v) is 2.04. The Kier molecular flexibility index (Phi) is 3.26. The van der Waals surface area contributed by atoms with E-state index in [9.17, 15) is 0 Å². The summed E-state index contributed by atoms with van der Waals surface area (Å²) >= 11 is 0. The Labute approximate surface area is 73.8 Å². The maximum Gasteiger partial charge on any atom is 0.0856 e. The van der Waals surface area contributed by atoms with E-state index >= 15 is 0 Å². The monoisotopic (exact) mass is 167 g/mol. The van der Waals surface area contributed by atoms with Gasteiger partial charge in [0.1, 0.15) is 0 Å². The van der Waals surface area contributed by atoms with Gasteiger partial charge in [-0.3, -0.25) is 0 Å². The zero-order chi connectivity index (χ0) is 8.97. The molecule has 1 heterocycles. The largest absolute Gasteiger partial charge is 0.249 e. The van der Waals surface area contributed by atoms with Crippen molar-refractivity contribution < 1.29 is 0 Å². The van der Waals surface area contributed by atoms with Gasteiger partial charge in [0.2, 0.25) is 0 Å². The van der Waals surface area contributed by atoms with Gasteiger partial charge in [-0.1, -0.05) is 25.5 Å². The molecule has 0 bridgehead atoms. The van der Waals surface area contributed by atoms with Crippen LogP contribution in [0.2, 0.25) is 0 Å². The van der Waals surface area contributed by atoms with Gasteiger partial charge in [-0.25, -0.2) is 4.68 Å². The van der Waals surface area contributed by atoms with Crippen LogP contribution in [0.1, 0.15) is 38.6 Å². The van der Waals surface area contributed by atoms with Crippen LogP contribution in [0.4, 0.5) is 0 Å². The zero-order valence-electron chi connectivity index (χ0n) is 8.17. The summed E-state index contributed by atoms with van der Waals surface area (Å²) in [5, 5.41) is 8.23. The van der Waals surface area contributed by atoms with E-state index in [1.807, 2.05) is 4.68 Å². The minimum absolute atomic E-state index is 0.933. The van der Waals surface area contributed by atoms with Crippen molar-refractivity contribution in [3.05, 3.63) is 11.4 Å². The smallest absolute Gasteiger partial charge is 0.0856 e. The van der Waals surface area contributed by atoms with Crippen molar-refractivity contribution in [2.75, 3.05) is 0 Å². The Morgan fingerprint density at radius 1 is 1.25 bits per heavy atom. The van der Waals surface area contributed by atoms with Gasteiger partial charge in [-0.15, -0.1) is 5.10 Å². The molecule has 0 saturated heterocycles. The molecule has 0 fully saturated rings. The summed E-state index contributed by atoms with van der Waals surface area (Å²) in [4.78, 5) is 0. The summed E-state index contributed by atoms with van der Waals surface area (Å²) in [5.74, 6) is 0. The van der Waals surface area contributed by atoms with Crippen LogP contribution in [-0.2, 0) is 19.4 Å². The van der Waals surface area contributed by atoms with E-state index in [2.05, 4.69) is 31.1 Å². The van der Waals surface area contributed by atoms with Crippen LogP contribution in [0, 0.1) is 0 Å². The molecular weight excluding hydrogens is 150 g/mol. The molecule has 0 aromatic carbocycles. The van der Waals surface area contributed by atoms with Crippen LogP contribution in [0.5, 0.6) is 0 Å². The highest BCUT2D eigenvalue weighted by Crippen LogP contribution is 2.08. The molecule has 0 atom stereocenters. The number of aryl methyl sites for hydroxylation is 2. The number of hydrogen-bond donors (Lipinski definition) is 0. The molecule has 0 saturated carbocycles. The highest BCUT2D eigenvalue weighted by Gasteiger charge is 2.07. The lowest BCUT2D eigenvalue weighted by Gasteiger charge is -2.02. The lowest BCUT2D eigenvalue weighted by molar-refractivity contribution is 0.593. The van der Waals surface area contributed by atoms with Crippen LogP contribution in [-0.4, -0.2) is 15.0 Å². The topological polar surface area (TPSA) is 30.7 Å². The van der Waals surface area contributed by atoms with Gasteiger partial charge < -0.3 is 0 Å². The zero-order valence-corrected chi connectivity index (χ0v) is 8.17. The molecule has 1 rings (SSSR count). The molecule has 12 heavy (non-hydrogen) atoms. The lowest BCUT2D eigenvalue weighted by atomic mass is 10.2. The summed E-state index contributed by atoms with van der Waals surface area (Å²) in [5.41, 5.74) is 2.49. The molecule has 0 unspecified atom stereocenters. The molecule has 0 spiro atoms. The van der Waals surface area contributed by atoms with Crippen LogP contribution in [0.3, 0.4) is 0 Å². The van der Waals surface area contributed by atoms with Gasteiger partial charge in [0.15, 0.2) is 0 Å². The molecule has 0 aliphatic heterocycles. The van der Waals surface area contributed by atoms with Crippen molar-refractivity contribution >= 4 is 0 Å². The third kappa shape index (κ3) is 1.65. The van der Waals surface area contributed by atoms with Crippen molar-refractivity contribution in [3.63, 3.8) is 0 Å². The van der Waals surface area contributed by atoms with E-state index < -0.39 is 0 Å². The average Bonchev–Trinajstić information content (AvgIpc) is 2.48. The van der Waals surface area contributed by atoms with Crippen LogP contribution in [0.25, 0.3) is 0 Å². The van der Waals surface area contributed by atoms with E-state index in [4.69, 9.17) is 0 Å². The molecular formula is C9H17N3. The van der Waals surface area contributed by atoms with Crippen molar-refractivity contribution in [1.82, 2.24) is 15.0 Å². The maximum atomic E-state index is 4.14. The Balaban J connectivity index is 2.90. The van der Waals surface area contributed by atoms with E-state index in [0.29, 0.717) is 0 Å². The summed E-state index contributed by atoms with van der Waals surface area (Å²) in [6, 6.07) is 0. The Hall–Kier alpha value is -0.860. The fraction of sp³-hybridized carbons (Fsp3) is 0.778. The molecule has 68 valence electrons. The Morgan fingerprint density at radius 2 is 2.00 bits per heavy atom. The van der Waals surface area contributed by atoms with E-state index in [0.717, 1.165) is 19.4 Å². The fourth-order valence-corrected chi connectivity index (χ4v) is 1.41. The molecule has 0 radical (unpaired) electrons. The van der Waals surface area contributed by atoms with Gasteiger partial charge in [-0.2, -0.15) is 0 Å². The first-order valence-electron chi connectivity index (χ1n) is 4.74. The van der Waals surface area contributed by atoms with Crippen LogP contribution in [0.15, 0.2) is 0 Å². The SMILES string of the molecule is CCCc1c(CC)nnn1CC. The summed E-state index contributed by atoms with van der Waals surface area (Å²) in [7, 11) is 0. The van der Waals surface area contributed by atoms with Gasteiger partial charge in [0.25, 0.3) is 0 Å². The normalized spacial score (nSPS) is 10.6. The van der Waals surface area contributed by atoms with Crippen molar-refractivity contribution in [1.29, 1.82) is 0 Å². The first-order valence-corrected chi connectivity index (χ1v) is 4.74. The minimum Gasteiger partial charge on any atom is -0.249 e. The van der Waals surface area contributed by atoms with E-state index in [-0.39, 0.29) is 0 Å². The number of aromatic nitrogens is 3. The third-order valence-electron chi connectivity index (χ3n) is 2.04. The number of hydrogen-bond acceptors (Lipinski definition) is 2.